The quantitative estimate of drug-likeness (QED) is 0.635. The summed E-state index contributed by atoms with van der Waals surface area (Å²) < 4.78 is 1.81. The highest BCUT2D eigenvalue weighted by molar-refractivity contribution is 5.85. The Kier molecular flexibility index (Phi) is 1.85. The number of para-hydroxylation sites is 1. The van der Waals surface area contributed by atoms with Crippen LogP contribution in [0.3, 0.4) is 0 Å². The Labute approximate surface area is 77.4 Å². The molecule has 1 aromatic heterocycles. The summed E-state index contributed by atoms with van der Waals surface area (Å²) in [5, 5.41) is 12.1. The van der Waals surface area contributed by atoms with Crippen molar-refractivity contribution in [3.05, 3.63) is 35.5 Å². The van der Waals surface area contributed by atoms with E-state index in [4.69, 9.17) is 0 Å². The minimum atomic E-state index is -0.194. The zero-order valence-electron chi connectivity index (χ0n) is 7.87. The molecule has 0 aliphatic carbocycles. The van der Waals surface area contributed by atoms with Crippen LogP contribution in [0.15, 0.2) is 24.3 Å². The lowest BCUT2D eigenvalue weighted by Crippen LogP contribution is -1.97. The first-order valence-corrected chi connectivity index (χ1v) is 4.38. The van der Waals surface area contributed by atoms with Gasteiger partial charge < -0.3 is 4.57 Å². The maximum absolute atomic E-state index is 10.9. The van der Waals surface area contributed by atoms with Gasteiger partial charge in [0.15, 0.2) is 6.73 Å². The van der Waals surface area contributed by atoms with Crippen LogP contribution in [-0.4, -0.2) is 4.57 Å². The minimum absolute atomic E-state index is 0.194. The predicted molar refractivity (Wildman–Crippen MR) is 52.1 cm³/mol. The lowest BCUT2D eigenvalue weighted by Gasteiger charge is -2.00. The van der Waals surface area contributed by atoms with Gasteiger partial charge in [0.2, 0.25) is 0 Å². The van der Waals surface area contributed by atoms with Crippen LogP contribution in [0, 0.1) is 13.8 Å². The molecule has 0 spiro atoms. The number of aryl methyl sites for hydroxylation is 1. The SMILES string of the molecule is Cc1c(C)n(C[O])c2ccccc12. The van der Waals surface area contributed by atoms with Crippen LogP contribution in [0.25, 0.3) is 10.9 Å². The second kappa shape index (κ2) is 2.89. The molecule has 2 rings (SSSR count). The normalized spacial score (nSPS) is 11.0. The molecule has 13 heavy (non-hydrogen) atoms. The Morgan fingerprint density at radius 2 is 1.92 bits per heavy atom. The number of fused-ring (bicyclic) bond motifs is 1. The van der Waals surface area contributed by atoms with Crippen molar-refractivity contribution in [2.24, 2.45) is 0 Å². The molecule has 0 saturated heterocycles. The highest BCUT2D eigenvalue weighted by Crippen LogP contribution is 2.24. The van der Waals surface area contributed by atoms with Crippen LogP contribution in [0.4, 0.5) is 0 Å². The zero-order valence-corrected chi connectivity index (χ0v) is 7.87. The molecule has 1 heterocycles. The van der Waals surface area contributed by atoms with Crippen molar-refractivity contribution in [1.82, 2.24) is 4.57 Å². The van der Waals surface area contributed by atoms with Crippen molar-refractivity contribution in [2.75, 3.05) is 0 Å². The van der Waals surface area contributed by atoms with Crippen molar-refractivity contribution < 1.29 is 5.11 Å². The van der Waals surface area contributed by atoms with E-state index in [0.717, 1.165) is 11.2 Å². The fourth-order valence-corrected chi connectivity index (χ4v) is 1.77. The van der Waals surface area contributed by atoms with Crippen LogP contribution >= 0.6 is 0 Å². The minimum Gasteiger partial charge on any atom is -0.318 e. The molecule has 0 aliphatic rings. The number of hydrogen-bond acceptors (Lipinski definition) is 0. The molecule has 2 nitrogen and oxygen atoms in total. The van der Waals surface area contributed by atoms with E-state index in [1.807, 2.05) is 29.7 Å². The molecule has 0 amide bonds. The molecule has 67 valence electrons. The fourth-order valence-electron chi connectivity index (χ4n) is 1.77. The third kappa shape index (κ3) is 1.06. The summed E-state index contributed by atoms with van der Waals surface area (Å²) in [5.74, 6) is 0. The van der Waals surface area contributed by atoms with Gasteiger partial charge in [-0.05, 0) is 25.5 Å². The molecule has 0 saturated carbocycles. The third-order valence-corrected chi connectivity index (χ3v) is 2.68. The zero-order chi connectivity index (χ0) is 9.42. The molecule has 1 radical (unpaired) electrons. The summed E-state index contributed by atoms with van der Waals surface area (Å²) in [4.78, 5) is 0. The molecule has 0 atom stereocenters. The average molecular weight is 174 g/mol. The first kappa shape index (κ1) is 8.32. The number of nitrogens with zero attached hydrogens (tertiary/aromatic N) is 1. The predicted octanol–water partition coefficient (Wildman–Crippen LogP) is 2.65. The van der Waals surface area contributed by atoms with Crippen molar-refractivity contribution in [2.45, 2.75) is 20.6 Å². The van der Waals surface area contributed by atoms with Gasteiger partial charge in [-0.25, -0.2) is 5.11 Å². The Morgan fingerprint density at radius 3 is 2.62 bits per heavy atom. The van der Waals surface area contributed by atoms with Crippen molar-refractivity contribution >= 4 is 10.9 Å². The Hall–Kier alpha value is -1.28. The molecule has 1 aromatic carbocycles. The topological polar surface area (TPSA) is 24.8 Å². The summed E-state index contributed by atoms with van der Waals surface area (Å²) in [5.41, 5.74) is 3.34. The summed E-state index contributed by atoms with van der Waals surface area (Å²) in [6.45, 7) is 3.86. The Balaban J connectivity index is 2.90. The van der Waals surface area contributed by atoms with Gasteiger partial charge >= 0.3 is 0 Å². The average Bonchev–Trinajstić information content (AvgIpc) is 2.41. The van der Waals surface area contributed by atoms with Gasteiger partial charge in [0.25, 0.3) is 0 Å². The van der Waals surface area contributed by atoms with Crippen LogP contribution in [0.2, 0.25) is 0 Å². The number of hydrogen-bond donors (Lipinski definition) is 0. The van der Waals surface area contributed by atoms with E-state index in [9.17, 15) is 5.11 Å². The van der Waals surface area contributed by atoms with E-state index in [1.54, 1.807) is 0 Å². The van der Waals surface area contributed by atoms with Crippen LogP contribution < -0.4 is 0 Å². The first-order chi connectivity index (χ1) is 6.25. The van der Waals surface area contributed by atoms with Gasteiger partial charge in [-0.3, -0.25) is 0 Å². The summed E-state index contributed by atoms with van der Waals surface area (Å²) in [6, 6.07) is 8.02. The lowest BCUT2D eigenvalue weighted by atomic mass is 10.2. The number of benzene rings is 1. The highest BCUT2D eigenvalue weighted by Gasteiger charge is 2.08. The van der Waals surface area contributed by atoms with Crippen LogP contribution in [0.5, 0.6) is 0 Å². The van der Waals surface area contributed by atoms with E-state index < -0.39 is 0 Å². The second-order valence-electron chi connectivity index (χ2n) is 3.28. The van der Waals surface area contributed by atoms with Crippen LogP contribution in [-0.2, 0) is 11.8 Å². The van der Waals surface area contributed by atoms with Crippen molar-refractivity contribution in [1.29, 1.82) is 0 Å². The molecule has 0 N–H and O–H groups in total. The molecule has 0 aliphatic heterocycles. The molecule has 2 heteroatoms. The van der Waals surface area contributed by atoms with Gasteiger partial charge in [-0.2, -0.15) is 0 Å². The summed E-state index contributed by atoms with van der Waals surface area (Å²) in [7, 11) is 0. The molecular formula is C11H12NO. The maximum Gasteiger partial charge on any atom is 0.158 e. The Morgan fingerprint density at radius 1 is 1.23 bits per heavy atom. The van der Waals surface area contributed by atoms with Gasteiger partial charge in [-0.1, -0.05) is 18.2 Å². The van der Waals surface area contributed by atoms with Gasteiger partial charge in [0, 0.05) is 11.1 Å². The van der Waals surface area contributed by atoms with Crippen LogP contribution in [0.1, 0.15) is 11.3 Å². The molecule has 2 aromatic rings. The number of aromatic nitrogens is 1. The van der Waals surface area contributed by atoms with Gasteiger partial charge in [0.1, 0.15) is 0 Å². The summed E-state index contributed by atoms with van der Waals surface area (Å²) in [6.07, 6.45) is 0. The van der Waals surface area contributed by atoms with Crippen molar-refractivity contribution in [3.63, 3.8) is 0 Å². The maximum atomic E-state index is 10.9. The van der Waals surface area contributed by atoms with E-state index in [1.165, 1.54) is 10.9 Å². The highest BCUT2D eigenvalue weighted by atomic mass is 16.3. The lowest BCUT2D eigenvalue weighted by molar-refractivity contribution is 0.121. The van der Waals surface area contributed by atoms with Gasteiger partial charge in [0.05, 0.1) is 5.52 Å². The molecule has 0 bridgehead atoms. The van der Waals surface area contributed by atoms with E-state index in [0.29, 0.717) is 0 Å². The standard InChI is InChI=1S/C11H12NO/c1-8-9(2)12(7-13)11-6-4-3-5-10(8)11/h3-6H,7H2,1-2H3. The third-order valence-electron chi connectivity index (χ3n) is 2.68. The Bertz CT molecular complexity index is 443. The smallest absolute Gasteiger partial charge is 0.158 e. The van der Waals surface area contributed by atoms with E-state index in [2.05, 4.69) is 13.0 Å². The second-order valence-corrected chi connectivity index (χ2v) is 3.28. The monoisotopic (exact) mass is 174 g/mol. The van der Waals surface area contributed by atoms with Crippen molar-refractivity contribution in [3.8, 4) is 0 Å². The fraction of sp³-hybridized carbons (Fsp3) is 0.273. The molecule has 0 fully saturated rings. The van der Waals surface area contributed by atoms with E-state index >= 15 is 0 Å². The largest absolute Gasteiger partial charge is 0.318 e. The first-order valence-electron chi connectivity index (χ1n) is 4.38. The summed E-state index contributed by atoms with van der Waals surface area (Å²) >= 11 is 0. The van der Waals surface area contributed by atoms with Gasteiger partial charge in [-0.15, -0.1) is 0 Å². The van der Waals surface area contributed by atoms with E-state index in [-0.39, 0.29) is 6.73 Å². The number of rotatable bonds is 1. The molecule has 0 unspecified atom stereocenters. The molecular weight excluding hydrogens is 162 g/mol.